The van der Waals surface area contributed by atoms with Crippen molar-refractivity contribution in [3.63, 3.8) is 0 Å². The molecule has 1 aromatic carbocycles. The molecule has 142 valence electrons. The van der Waals surface area contributed by atoms with E-state index in [1.165, 1.54) is 19.1 Å². The Morgan fingerprint density at radius 1 is 1.12 bits per heavy atom. The lowest BCUT2D eigenvalue weighted by Crippen LogP contribution is -2.50. The van der Waals surface area contributed by atoms with E-state index in [0.717, 1.165) is 12.1 Å². The number of amides is 1. The number of halogens is 1. The number of nitrogens with one attached hydrogen (secondary N) is 1. The summed E-state index contributed by atoms with van der Waals surface area (Å²) in [6.45, 7) is 3.04. The first-order chi connectivity index (χ1) is 12.3. The van der Waals surface area contributed by atoms with Crippen LogP contribution >= 0.6 is 0 Å². The number of ether oxygens (including phenoxy) is 2. The van der Waals surface area contributed by atoms with Gasteiger partial charge in [0.1, 0.15) is 11.9 Å². The van der Waals surface area contributed by atoms with Gasteiger partial charge < -0.3 is 19.9 Å². The van der Waals surface area contributed by atoms with Gasteiger partial charge in [-0.3, -0.25) is 14.4 Å². The molecular weight excluding hydrogens is 349 g/mol. The minimum atomic E-state index is -1.80. The molecule has 0 saturated heterocycles. The molecule has 8 nitrogen and oxygen atoms in total. The Morgan fingerprint density at radius 2 is 1.73 bits per heavy atom. The first-order valence-electron chi connectivity index (χ1n) is 7.92. The van der Waals surface area contributed by atoms with Gasteiger partial charge in [-0.15, -0.1) is 0 Å². The van der Waals surface area contributed by atoms with E-state index in [1.807, 2.05) is 0 Å². The van der Waals surface area contributed by atoms with E-state index < -0.39 is 53.6 Å². The molecule has 0 aliphatic rings. The number of aliphatic carboxylic acids is 1. The number of carbonyl (C=O) groups excluding carboxylic acids is 3. The van der Waals surface area contributed by atoms with Gasteiger partial charge in [-0.05, 0) is 26.0 Å². The molecule has 9 heteroatoms. The standard InChI is InChI=1S/C17H20FNO7/c1-3-25-13(20)9-11(17(24)26-4-2)14(16(22)23)19-15(21)10-7-5-6-8-12(10)18/h5-8,11,14H,3-4,9H2,1-2H3,(H,19,21)(H,22,23)/t11-,14-/m1/s1. The number of carbonyl (C=O) groups is 4. The average molecular weight is 369 g/mol. The van der Waals surface area contributed by atoms with E-state index in [4.69, 9.17) is 9.47 Å². The van der Waals surface area contributed by atoms with Crippen molar-refractivity contribution in [2.75, 3.05) is 13.2 Å². The Balaban J connectivity index is 3.08. The summed E-state index contributed by atoms with van der Waals surface area (Å²) in [6.07, 6.45) is -0.610. The van der Waals surface area contributed by atoms with Gasteiger partial charge in [0.25, 0.3) is 5.91 Å². The van der Waals surface area contributed by atoms with Crippen LogP contribution in [0.2, 0.25) is 0 Å². The van der Waals surface area contributed by atoms with Gasteiger partial charge in [0.05, 0.1) is 31.1 Å². The number of esters is 2. The molecule has 0 fully saturated rings. The number of hydrogen-bond donors (Lipinski definition) is 2. The zero-order valence-electron chi connectivity index (χ0n) is 14.4. The Kier molecular flexibility index (Phi) is 8.20. The van der Waals surface area contributed by atoms with Crippen molar-refractivity contribution in [1.29, 1.82) is 0 Å². The van der Waals surface area contributed by atoms with Gasteiger partial charge in [-0.1, -0.05) is 12.1 Å². The molecule has 0 aliphatic heterocycles. The predicted molar refractivity (Wildman–Crippen MR) is 86.7 cm³/mol. The molecular formula is C17H20FNO7. The maximum Gasteiger partial charge on any atom is 0.327 e. The van der Waals surface area contributed by atoms with Crippen molar-refractivity contribution >= 4 is 23.8 Å². The van der Waals surface area contributed by atoms with Crippen LogP contribution in [0.5, 0.6) is 0 Å². The molecule has 0 heterocycles. The summed E-state index contributed by atoms with van der Waals surface area (Å²) < 4.78 is 23.2. The second-order valence-corrected chi connectivity index (χ2v) is 5.14. The van der Waals surface area contributed by atoms with Crippen molar-refractivity contribution in [1.82, 2.24) is 5.32 Å². The summed E-state index contributed by atoms with van der Waals surface area (Å²) >= 11 is 0. The highest BCUT2D eigenvalue weighted by Crippen LogP contribution is 2.16. The second-order valence-electron chi connectivity index (χ2n) is 5.14. The van der Waals surface area contributed by atoms with Crippen LogP contribution < -0.4 is 5.32 Å². The third-order valence-electron chi connectivity index (χ3n) is 3.35. The lowest BCUT2D eigenvalue weighted by atomic mass is 9.95. The van der Waals surface area contributed by atoms with Gasteiger partial charge in [0.15, 0.2) is 0 Å². The molecule has 0 aromatic heterocycles. The van der Waals surface area contributed by atoms with Crippen molar-refractivity contribution in [3.8, 4) is 0 Å². The molecule has 0 bridgehead atoms. The van der Waals surface area contributed by atoms with Crippen LogP contribution in [-0.2, 0) is 23.9 Å². The van der Waals surface area contributed by atoms with E-state index in [0.29, 0.717) is 0 Å². The van der Waals surface area contributed by atoms with Crippen LogP contribution in [0.1, 0.15) is 30.6 Å². The van der Waals surface area contributed by atoms with E-state index in [1.54, 1.807) is 6.92 Å². The average Bonchev–Trinajstić information content (AvgIpc) is 2.58. The van der Waals surface area contributed by atoms with Crippen LogP contribution in [0.15, 0.2) is 24.3 Å². The van der Waals surface area contributed by atoms with Gasteiger partial charge in [0.2, 0.25) is 0 Å². The third-order valence-corrected chi connectivity index (χ3v) is 3.35. The minimum absolute atomic E-state index is 0.0354. The summed E-state index contributed by atoms with van der Waals surface area (Å²) in [5.41, 5.74) is -0.391. The molecule has 0 spiro atoms. The molecule has 1 amide bonds. The Bertz CT molecular complexity index is 677. The maximum atomic E-state index is 13.7. The molecule has 0 aliphatic carbocycles. The van der Waals surface area contributed by atoms with Crippen molar-refractivity contribution < 1.29 is 38.1 Å². The Labute approximate surface area is 149 Å². The minimum Gasteiger partial charge on any atom is -0.480 e. The van der Waals surface area contributed by atoms with Crippen LogP contribution in [0, 0.1) is 11.7 Å². The monoisotopic (exact) mass is 369 g/mol. The first-order valence-corrected chi connectivity index (χ1v) is 7.92. The Morgan fingerprint density at radius 3 is 2.27 bits per heavy atom. The fourth-order valence-corrected chi connectivity index (χ4v) is 2.18. The van der Waals surface area contributed by atoms with Crippen molar-refractivity contribution in [2.24, 2.45) is 5.92 Å². The fourth-order valence-electron chi connectivity index (χ4n) is 2.18. The number of carboxylic acid groups (broad SMARTS) is 1. The second kappa shape index (κ2) is 10.1. The predicted octanol–water partition coefficient (Wildman–Crippen LogP) is 1.14. The lowest BCUT2D eigenvalue weighted by molar-refractivity contribution is -0.159. The largest absolute Gasteiger partial charge is 0.480 e. The molecule has 0 unspecified atom stereocenters. The van der Waals surface area contributed by atoms with Crippen molar-refractivity contribution in [2.45, 2.75) is 26.3 Å². The lowest BCUT2D eigenvalue weighted by Gasteiger charge is -2.22. The molecule has 1 rings (SSSR count). The highest BCUT2D eigenvalue weighted by molar-refractivity contribution is 5.98. The van der Waals surface area contributed by atoms with Gasteiger partial charge in [-0.2, -0.15) is 0 Å². The molecule has 0 radical (unpaired) electrons. The van der Waals surface area contributed by atoms with E-state index in [-0.39, 0.29) is 13.2 Å². The molecule has 0 saturated carbocycles. The maximum absolute atomic E-state index is 13.7. The van der Waals surface area contributed by atoms with Crippen LogP contribution in [0.25, 0.3) is 0 Å². The van der Waals surface area contributed by atoms with Crippen LogP contribution in [-0.4, -0.2) is 48.2 Å². The van der Waals surface area contributed by atoms with Crippen LogP contribution in [0.3, 0.4) is 0 Å². The zero-order valence-corrected chi connectivity index (χ0v) is 14.4. The van der Waals surface area contributed by atoms with Gasteiger partial charge in [0, 0.05) is 0 Å². The van der Waals surface area contributed by atoms with E-state index >= 15 is 0 Å². The van der Waals surface area contributed by atoms with Gasteiger partial charge in [-0.25, -0.2) is 9.18 Å². The Hall–Kier alpha value is -2.97. The summed E-state index contributed by atoms with van der Waals surface area (Å²) in [5.74, 6) is -6.79. The topological polar surface area (TPSA) is 119 Å². The quantitative estimate of drug-likeness (QED) is 0.627. The summed E-state index contributed by atoms with van der Waals surface area (Å²) in [6, 6.07) is 3.16. The smallest absolute Gasteiger partial charge is 0.327 e. The SMILES string of the molecule is CCOC(=O)C[C@@H](C(=O)OCC)[C@@H](NC(=O)c1ccccc1F)C(=O)O. The molecule has 1 aromatic rings. The molecule has 2 atom stereocenters. The number of benzene rings is 1. The summed E-state index contributed by atoms with van der Waals surface area (Å²) in [5, 5.41) is 11.5. The number of hydrogen-bond acceptors (Lipinski definition) is 6. The third kappa shape index (κ3) is 5.83. The fraction of sp³-hybridized carbons (Fsp3) is 0.412. The molecule has 26 heavy (non-hydrogen) atoms. The van der Waals surface area contributed by atoms with Crippen LogP contribution in [0.4, 0.5) is 4.39 Å². The highest BCUT2D eigenvalue weighted by Gasteiger charge is 2.38. The van der Waals surface area contributed by atoms with Gasteiger partial charge >= 0.3 is 17.9 Å². The zero-order chi connectivity index (χ0) is 19.7. The number of rotatable bonds is 9. The highest BCUT2D eigenvalue weighted by atomic mass is 19.1. The number of carboxylic acids is 1. The first kappa shape index (κ1) is 21.1. The van der Waals surface area contributed by atoms with Crippen molar-refractivity contribution in [3.05, 3.63) is 35.6 Å². The molecule has 2 N–H and O–H groups in total. The van der Waals surface area contributed by atoms with E-state index in [9.17, 15) is 28.7 Å². The summed E-state index contributed by atoms with van der Waals surface area (Å²) in [4.78, 5) is 47.6. The normalized spacial score (nSPS) is 12.6. The summed E-state index contributed by atoms with van der Waals surface area (Å²) in [7, 11) is 0. The van der Waals surface area contributed by atoms with E-state index in [2.05, 4.69) is 5.32 Å².